The first kappa shape index (κ1) is 22.0. The van der Waals surface area contributed by atoms with E-state index in [0.717, 1.165) is 43.6 Å². The van der Waals surface area contributed by atoms with Crippen LogP contribution in [0.15, 0.2) is 54.6 Å². The van der Waals surface area contributed by atoms with Crippen LogP contribution in [0.25, 0.3) is 10.8 Å². The second kappa shape index (κ2) is 10.4. The fourth-order valence-electron chi connectivity index (χ4n) is 5.28. The van der Waals surface area contributed by atoms with E-state index in [4.69, 9.17) is 0 Å². The third kappa shape index (κ3) is 5.53. The largest absolute Gasteiger partial charge is 0.207 e. The van der Waals surface area contributed by atoms with Gasteiger partial charge in [-0.25, -0.2) is 8.78 Å². The second-order valence-electron chi connectivity index (χ2n) is 9.37. The predicted molar refractivity (Wildman–Crippen MR) is 127 cm³/mol. The van der Waals surface area contributed by atoms with Crippen LogP contribution in [0.3, 0.4) is 0 Å². The summed E-state index contributed by atoms with van der Waals surface area (Å²) < 4.78 is 29.9. The fraction of sp³-hybridized carbons (Fsp3) is 0.448. The molecule has 164 valence electrons. The van der Waals surface area contributed by atoms with Gasteiger partial charge in [-0.15, -0.1) is 0 Å². The average molecular weight is 421 g/mol. The smallest absolute Gasteiger partial charge is 0.129 e. The monoisotopic (exact) mass is 420 g/mol. The van der Waals surface area contributed by atoms with Crippen molar-refractivity contribution in [1.29, 1.82) is 0 Å². The van der Waals surface area contributed by atoms with Gasteiger partial charge in [0, 0.05) is 5.56 Å². The van der Waals surface area contributed by atoms with Crippen LogP contribution in [0.2, 0.25) is 0 Å². The quantitative estimate of drug-likeness (QED) is 0.319. The maximum atomic E-state index is 14.9. The number of rotatable bonds is 8. The summed E-state index contributed by atoms with van der Waals surface area (Å²) in [6.07, 6.45) is 10.6. The van der Waals surface area contributed by atoms with Gasteiger partial charge < -0.3 is 0 Å². The van der Waals surface area contributed by atoms with Crippen LogP contribution in [-0.4, -0.2) is 0 Å². The van der Waals surface area contributed by atoms with E-state index in [9.17, 15) is 8.78 Å². The minimum absolute atomic E-state index is 0.0389. The van der Waals surface area contributed by atoms with Crippen molar-refractivity contribution in [2.45, 2.75) is 77.0 Å². The summed E-state index contributed by atoms with van der Waals surface area (Å²) in [5.74, 6) is 0.0954. The summed E-state index contributed by atoms with van der Waals surface area (Å²) >= 11 is 0. The van der Waals surface area contributed by atoms with Crippen LogP contribution in [-0.2, 0) is 12.8 Å². The van der Waals surface area contributed by atoms with E-state index in [0.29, 0.717) is 12.0 Å². The summed E-state index contributed by atoms with van der Waals surface area (Å²) in [4.78, 5) is 0. The van der Waals surface area contributed by atoms with E-state index < -0.39 is 0 Å². The third-order valence-electron chi connectivity index (χ3n) is 7.13. The second-order valence-corrected chi connectivity index (χ2v) is 9.37. The van der Waals surface area contributed by atoms with Crippen molar-refractivity contribution in [3.05, 3.63) is 82.9 Å². The van der Waals surface area contributed by atoms with E-state index in [-0.39, 0.29) is 17.6 Å². The molecular formula is C29H34F2. The van der Waals surface area contributed by atoms with Gasteiger partial charge in [-0.3, -0.25) is 0 Å². The van der Waals surface area contributed by atoms with Crippen LogP contribution in [0.1, 0.15) is 80.9 Å². The lowest BCUT2D eigenvalue weighted by Gasteiger charge is -2.29. The van der Waals surface area contributed by atoms with Gasteiger partial charge in [-0.05, 0) is 84.4 Å². The topological polar surface area (TPSA) is 0 Å². The number of hydrogen-bond donors (Lipinski definition) is 0. The summed E-state index contributed by atoms with van der Waals surface area (Å²) in [6.45, 7) is 2.23. The molecule has 31 heavy (non-hydrogen) atoms. The van der Waals surface area contributed by atoms with Gasteiger partial charge in [0.15, 0.2) is 0 Å². The molecule has 2 heteroatoms. The average Bonchev–Trinajstić information content (AvgIpc) is 2.78. The van der Waals surface area contributed by atoms with Gasteiger partial charge in [-0.2, -0.15) is 0 Å². The Morgan fingerprint density at radius 1 is 0.742 bits per heavy atom. The molecule has 0 radical (unpaired) electrons. The zero-order chi connectivity index (χ0) is 21.6. The predicted octanol–water partition coefficient (Wildman–Crippen LogP) is 8.76. The first-order valence-electron chi connectivity index (χ1n) is 12.1. The molecule has 3 aromatic rings. The lowest BCUT2D eigenvalue weighted by Crippen LogP contribution is -2.16. The molecule has 0 aliphatic heterocycles. The van der Waals surface area contributed by atoms with Crippen LogP contribution < -0.4 is 0 Å². The summed E-state index contributed by atoms with van der Waals surface area (Å²) in [7, 11) is 0. The lowest BCUT2D eigenvalue weighted by molar-refractivity contribution is 0.295. The summed E-state index contributed by atoms with van der Waals surface area (Å²) in [6, 6.07) is 17.8. The Morgan fingerprint density at radius 2 is 1.42 bits per heavy atom. The van der Waals surface area contributed by atoms with Crippen LogP contribution >= 0.6 is 0 Å². The van der Waals surface area contributed by atoms with Crippen molar-refractivity contribution < 1.29 is 8.78 Å². The standard InChI is InChI=1S/C29H34F2/c1-2-3-4-7-21-12-16-25(17-13-21)29-27(30)19-23(20-28(29)31)11-10-22-14-15-24-8-5-6-9-26(24)18-22/h5-6,8-9,14-15,18-21,25H,2-4,7,10-13,16-17H2,1H3. The minimum atomic E-state index is -0.344. The normalized spacial score (nSPS) is 19.1. The number of halogens is 2. The number of benzene rings is 3. The minimum Gasteiger partial charge on any atom is -0.207 e. The molecule has 0 nitrogen and oxygen atoms in total. The van der Waals surface area contributed by atoms with Crippen molar-refractivity contribution in [1.82, 2.24) is 0 Å². The fourth-order valence-corrected chi connectivity index (χ4v) is 5.28. The van der Waals surface area contributed by atoms with Gasteiger partial charge in [0.25, 0.3) is 0 Å². The molecule has 0 unspecified atom stereocenters. The summed E-state index contributed by atoms with van der Waals surface area (Å²) in [5, 5.41) is 2.42. The molecule has 0 amide bonds. The van der Waals surface area contributed by atoms with Crippen LogP contribution in [0.4, 0.5) is 8.78 Å². The van der Waals surface area contributed by atoms with Crippen LogP contribution in [0.5, 0.6) is 0 Å². The highest BCUT2D eigenvalue weighted by atomic mass is 19.1. The highest BCUT2D eigenvalue weighted by Gasteiger charge is 2.26. The molecule has 0 spiro atoms. The maximum Gasteiger partial charge on any atom is 0.129 e. The van der Waals surface area contributed by atoms with E-state index in [2.05, 4.69) is 37.3 Å². The molecular weight excluding hydrogens is 386 g/mol. The van der Waals surface area contributed by atoms with Crippen molar-refractivity contribution in [3.8, 4) is 0 Å². The molecule has 0 aromatic heterocycles. The lowest BCUT2D eigenvalue weighted by atomic mass is 9.76. The first-order valence-corrected chi connectivity index (χ1v) is 12.1. The highest BCUT2D eigenvalue weighted by molar-refractivity contribution is 5.82. The first-order chi connectivity index (χ1) is 15.1. The molecule has 0 heterocycles. The van der Waals surface area contributed by atoms with Gasteiger partial charge in [-0.1, -0.05) is 75.1 Å². The number of unbranched alkanes of at least 4 members (excludes halogenated alkanes) is 2. The summed E-state index contributed by atoms with van der Waals surface area (Å²) in [5.41, 5.74) is 2.28. The Hall–Kier alpha value is -2.22. The molecule has 0 atom stereocenters. The van der Waals surface area contributed by atoms with E-state index in [1.807, 2.05) is 12.1 Å². The molecule has 1 saturated carbocycles. The molecule has 4 rings (SSSR count). The molecule has 0 saturated heterocycles. The zero-order valence-electron chi connectivity index (χ0n) is 18.7. The van der Waals surface area contributed by atoms with Gasteiger partial charge in [0.1, 0.15) is 11.6 Å². The van der Waals surface area contributed by atoms with Crippen molar-refractivity contribution in [3.63, 3.8) is 0 Å². The SMILES string of the molecule is CCCCCC1CCC(c2c(F)cc(CCc3ccc4ccccc4c3)cc2F)CC1. The van der Waals surface area contributed by atoms with Gasteiger partial charge in [0.2, 0.25) is 0 Å². The van der Waals surface area contributed by atoms with Gasteiger partial charge >= 0.3 is 0 Å². The Morgan fingerprint density at radius 3 is 2.13 bits per heavy atom. The van der Waals surface area contributed by atoms with E-state index in [1.165, 1.54) is 42.0 Å². The van der Waals surface area contributed by atoms with Crippen molar-refractivity contribution in [2.24, 2.45) is 5.92 Å². The highest BCUT2D eigenvalue weighted by Crippen LogP contribution is 2.40. The molecule has 0 bridgehead atoms. The molecule has 0 N–H and O–H groups in total. The Balaban J connectivity index is 1.38. The molecule has 1 aliphatic rings. The van der Waals surface area contributed by atoms with E-state index in [1.54, 1.807) is 12.1 Å². The maximum absolute atomic E-state index is 14.9. The molecule has 1 aliphatic carbocycles. The third-order valence-corrected chi connectivity index (χ3v) is 7.13. The van der Waals surface area contributed by atoms with Crippen molar-refractivity contribution >= 4 is 10.8 Å². The van der Waals surface area contributed by atoms with Gasteiger partial charge in [0.05, 0.1) is 0 Å². The Labute approximate surface area is 185 Å². The number of aryl methyl sites for hydroxylation is 2. The Bertz CT molecular complexity index is 976. The van der Waals surface area contributed by atoms with E-state index >= 15 is 0 Å². The number of fused-ring (bicyclic) bond motifs is 1. The number of hydrogen-bond acceptors (Lipinski definition) is 0. The molecule has 3 aromatic carbocycles. The zero-order valence-corrected chi connectivity index (χ0v) is 18.7. The van der Waals surface area contributed by atoms with Crippen molar-refractivity contribution in [2.75, 3.05) is 0 Å². The Kier molecular flexibility index (Phi) is 7.37. The van der Waals surface area contributed by atoms with Crippen LogP contribution in [0, 0.1) is 17.6 Å². The molecule has 1 fully saturated rings.